The van der Waals surface area contributed by atoms with Crippen LogP contribution in [0.25, 0.3) is 0 Å². The van der Waals surface area contributed by atoms with Crippen molar-refractivity contribution >= 4 is 29.3 Å². The number of nitrogens with zero attached hydrogens (tertiary/aromatic N) is 1. The summed E-state index contributed by atoms with van der Waals surface area (Å²) in [4.78, 5) is 14.1. The van der Waals surface area contributed by atoms with E-state index >= 15 is 0 Å². The minimum atomic E-state index is -0.527. The molecule has 1 aliphatic carbocycles. The summed E-state index contributed by atoms with van der Waals surface area (Å²) in [6.07, 6.45) is 4.44. The van der Waals surface area contributed by atoms with Crippen LogP contribution in [0.2, 0.25) is 10.0 Å². The first-order valence-corrected chi connectivity index (χ1v) is 9.02. The summed E-state index contributed by atoms with van der Waals surface area (Å²) >= 11 is 12.3. The number of benzene rings is 1. The van der Waals surface area contributed by atoms with E-state index < -0.39 is 5.60 Å². The molecule has 2 aliphatic rings. The molecule has 0 radical (unpaired) electrons. The molecule has 0 bridgehead atoms. The molecule has 0 N–H and O–H groups in total. The topological polar surface area (TPSA) is 38.8 Å². The third-order valence-electron chi connectivity index (χ3n) is 4.93. The summed E-state index contributed by atoms with van der Waals surface area (Å²) in [5.74, 6) is 0. The smallest absolute Gasteiger partial charge is 0.414 e. The SMILES string of the molecule is COC[C@@]12CN(C(=O)OC(C)(C)C)C=CC1(c1ccc(Cl)c(Cl)c1)C2. The number of hydrogen-bond donors (Lipinski definition) is 0. The number of allylic oxidation sites excluding steroid dienone is 1. The first-order chi connectivity index (χ1) is 11.6. The van der Waals surface area contributed by atoms with Crippen molar-refractivity contribution in [1.29, 1.82) is 0 Å². The minimum absolute atomic E-state index is 0.176. The summed E-state index contributed by atoms with van der Waals surface area (Å²) in [6, 6.07) is 5.73. The Morgan fingerprint density at radius 3 is 2.60 bits per heavy atom. The number of fused-ring (bicyclic) bond motifs is 1. The largest absolute Gasteiger partial charge is 0.443 e. The summed E-state index contributed by atoms with van der Waals surface area (Å²) in [7, 11) is 1.68. The summed E-state index contributed by atoms with van der Waals surface area (Å²) in [5, 5.41) is 1.07. The standard InChI is InChI=1S/C19H23Cl2NO3/c1-17(2,3)25-16(23)22-8-7-19(10-18(19,11-22)12-24-4)13-5-6-14(20)15(21)9-13/h5-9H,10-12H2,1-4H3/t18-,19?/m1/s1. The van der Waals surface area contributed by atoms with E-state index in [4.69, 9.17) is 32.7 Å². The Kier molecular flexibility index (Phi) is 4.59. The van der Waals surface area contributed by atoms with Crippen molar-refractivity contribution < 1.29 is 14.3 Å². The molecular formula is C19H23Cl2NO3. The Bertz CT molecular complexity index is 728. The van der Waals surface area contributed by atoms with Crippen molar-refractivity contribution in [3.63, 3.8) is 0 Å². The van der Waals surface area contributed by atoms with Crippen molar-refractivity contribution in [2.45, 2.75) is 38.2 Å². The number of carbonyl (C=O) groups is 1. The van der Waals surface area contributed by atoms with Crippen LogP contribution in [0.15, 0.2) is 30.5 Å². The van der Waals surface area contributed by atoms with Crippen LogP contribution < -0.4 is 0 Å². The molecule has 0 saturated heterocycles. The molecule has 25 heavy (non-hydrogen) atoms. The van der Waals surface area contributed by atoms with Gasteiger partial charge in [-0.2, -0.15) is 0 Å². The van der Waals surface area contributed by atoms with Gasteiger partial charge < -0.3 is 9.47 Å². The molecule has 1 aromatic rings. The van der Waals surface area contributed by atoms with Gasteiger partial charge in [0.05, 0.1) is 16.7 Å². The fourth-order valence-corrected chi connectivity index (χ4v) is 4.04. The molecule has 1 saturated carbocycles. The number of carbonyl (C=O) groups excluding carboxylic acids is 1. The molecule has 1 unspecified atom stereocenters. The van der Waals surface area contributed by atoms with Gasteiger partial charge in [0.2, 0.25) is 0 Å². The Morgan fingerprint density at radius 1 is 1.28 bits per heavy atom. The van der Waals surface area contributed by atoms with E-state index in [0.29, 0.717) is 23.2 Å². The molecule has 0 aromatic heterocycles. The van der Waals surface area contributed by atoms with Crippen LogP contribution in [0.1, 0.15) is 32.8 Å². The number of amides is 1. The average Bonchev–Trinajstić information content (AvgIpc) is 3.17. The van der Waals surface area contributed by atoms with E-state index in [1.165, 1.54) is 0 Å². The maximum atomic E-state index is 12.4. The lowest BCUT2D eigenvalue weighted by molar-refractivity contribution is 0.0238. The molecule has 3 rings (SSSR count). The van der Waals surface area contributed by atoms with Crippen LogP contribution in [-0.2, 0) is 14.9 Å². The highest BCUT2D eigenvalue weighted by Gasteiger charge is 2.69. The van der Waals surface area contributed by atoms with Crippen LogP contribution in [0.4, 0.5) is 4.79 Å². The first-order valence-electron chi connectivity index (χ1n) is 8.26. The predicted octanol–water partition coefficient (Wildman–Crippen LogP) is 5.03. The maximum Gasteiger partial charge on any atom is 0.414 e. The molecule has 136 valence electrons. The number of rotatable bonds is 3. The molecule has 1 fully saturated rings. The first kappa shape index (κ1) is 18.6. The Morgan fingerprint density at radius 2 is 2.00 bits per heavy atom. The Hall–Kier alpha value is -1.23. The molecule has 1 aromatic carbocycles. The number of hydrogen-bond acceptors (Lipinski definition) is 3. The van der Waals surface area contributed by atoms with Gasteiger partial charge in [0.15, 0.2) is 0 Å². The Labute approximate surface area is 158 Å². The van der Waals surface area contributed by atoms with Gasteiger partial charge in [-0.05, 0) is 44.9 Å². The lowest BCUT2D eigenvalue weighted by Crippen LogP contribution is -2.42. The molecular weight excluding hydrogens is 361 g/mol. The second-order valence-corrected chi connectivity index (χ2v) is 8.73. The third kappa shape index (κ3) is 3.27. The van der Waals surface area contributed by atoms with E-state index in [9.17, 15) is 4.79 Å². The van der Waals surface area contributed by atoms with Gasteiger partial charge >= 0.3 is 6.09 Å². The zero-order valence-electron chi connectivity index (χ0n) is 14.9. The van der Waals surface area contributed by atoms with Gasteiger partial charge in [-0.25, -0.2) is 4.79 Å². The van der Waals surface area contributed by atoms with Gasteiger partial charge in [-0.3, -0.25) is 4.90 Å². The summed E-state index contributed by atoms with van der Waals surface area (Å²) < 4.78 is 11.0. The van der Waals surface area contributed by atoms with E-state index in [-0.39, 0.29) is 16.9 Å². The van der Waals surface area contributed by atoms with E-state index in [1.807, 2.05) is 45.2 Å². The van der Waals surface area contributed by atoms with E-state index in [0.717, 1.165) is 12.0 Å². The van der Waals surface area contributed by atoms with Crippen molar-refractivity contribution in [3.05, 3.63) is 46.1 Å². The lowest BCUT2D eigenvalue weighted by atomic mass is 9.84. The normalized spacial score (nSPS) is 27.8. The van der Waals surface area contributed by atoms with Crippen molar-refractivity contribution in [1.82, 2.24) is 4.90 Å². The van der Waals surface area contributed by atoms with Crippen molar-refractivity contribution in [3.8, 4) is 0 Å². The highest BCUT2D eigenvalue weighted by Crippen LogP contribution is 2.67. The van der Waals surface area contributed by atoms with E-state index in [1.54, 1.807) is 12.0 Å². The van der Waals surface area contributed by atoms with Gasteiger partial charge in [-0.1, -0.05) is 35.3 Å². The summed E-state index contributed by atoms with van der Waals surface area (Å²) in [5.41, 5.74) is 0.209. The molecule has 4 nitrogen and oxygen atoms in total. The molecule has 6 heteroatoms. The maximum absolute atomic E-state index is 12.4. The van der Waals surface area contributed by atoms with Crippen LogP contribution >= 0.6 is 23.2 Å². The number of methoxy groups -OCH3 is 1. The molecule has 1 heterocycles. The highest BCUT2D eigenvalue weighted by atomic mass is 35.5. The monoisotopic (exact) mass is 383 g/mol. The zero-order chi connectivity index (χ0) is 18.5. The number of ether oxygens (including phenoxy) is 2. The fourth-order valence-electron chi connectivity index (χ4n) is 3.74. The van der Waals surface area contributed by atoms with Crippen molar-refractivity contribution in [2.75, 3.05) is 20.3 Å². The third-order valence-corrected chi connectivity index (χ3v) is 5.67. The zero-order valence-corrected chi connectivity index (χ0v) is 16.4. The van der Waals surface area contributed by atoms with E-state index in [2.05, 4.69) is 6.08 Å². The quantitative estimate of drug-likeness (QED) is 0.734. The highest BCUT2D eigenvalue weighted by molar-refractivity contribution is 6.42. The average molecular weight is 384 g/mol. The van der Waals surface area contributed by atoms with Crippen LogP contribution in [-0.4, -0.2) is 36.9 Å². The second-order valence-electron chi connectivity index (χ2n) is 7.91. The van der Waals surface area contributed by atoms with Crippen molar-refractivity contribution in [2.24, 2.45) is 5.41 Å². The van der Waals surface area contributed by atoms with Gasteiger partial charge in [0.25, 0.3) is 0 Å². The van der Waals surface area contributed by atoms with Gasteiger partial charge in [0.1, 0.15) is 5.60 Å². The second kappa shape index (κ2) is 6.19. The minimum Gasteiger partial charge on any atom is -0.443 e. The summed E-state index contributed by atoms with van der Waals surface area (Å²) in [6.45, 7) is 6.69. The molecule has 2 atom stereocenters. The van der Waals surface area contributed by atoms with Gasteiger partial charge in [-0.15, -0.1) is 0 Å². The van der Waals surface area contributed by atoms with Crippen LogP contribution in [0.3, 0.4) is 0 Å². The Balaban J connectivity index is 1.91. The molecule has 1 amide bonds. The molecule has 1 aliphatic heterocycles. The van der Waals surface area contributed by atoms with Gasteiger partial charge in [0, 0.05) is 30.7 Å². The van der Waals surface area contributed by atoms with Crippen LogP contribution in [0, 0.1) is 5.41 Å². The van der Waals surface area contributed by atoms with Crippen LogP contribution in [0.5, 0.6) is 0 Å². The number of halogens is 2. The molecule has 0 spiro atoms. The predicted molar refractivity (Wildman–Crippen MR) is 99.1 cm³/mol. The fraction of sp³-hybridized carbons (Fsp3) is 0.526. The lowest BCUT2D eigenvalue weighted by Gasteiger charge is -2.34.